The monoisotopic (exact) mass is 267 g/mol. The van der Waals surface area contributed by atoms with Crippen molar-refractivity contribution in [3.63, 3.8) is 0 Å². The van der Waals surface area contributed by atoms with Crippen molar-refractivity contribution in [1.82, 2.24) is 15.5 Å². The van der Waals surface area contributed by atoms with Gasteiger partial charge in [-0.2, -0.15) is 0 Å². The summed E-state index contributed by atoms with van der Waals surface area (Å²) in [6, 6.07) is 3.77. The van der Waals surface area contributed by atoms with Gasteiger partial charge in [0.15, 0.2) is 0 Å². The smallest absolute Gasteiger partial charge is 0.237 e. The lowest BCUT2D eigenvalue weighted by atomic mass is 10.2. The minimum atomic E-state index is -0.202. The summed E-state index contributed by atoms with van der Waals surface area (Å²) in [5.74, 6) is 0.759. The van der Waals surface area contributed by atoms with Gasteiger partial charge in [-0.1, -0.05) is 0 Å². The van der Waals surface area contributed by atoms with E-state index in [9.17, 15) is 4.79 Å². The van der Waals surface area contributed by atoms with Crippen LogP contribution in [0.15, 0.2) is 22.8 Å². The van der Waals surface area contributed by atoms with E-state index in [0.29, 0.717) is 12.6 Å². The highest BCUT2D eigenvalue weighted by molar-refractivity contribution is 5.81. The van der Waals surface area contributed by atoms with Crippen molar-refractivity contribution in [2.75, 3.05) is 20.6 Å². The first-order chi connectivity index (χ1) is 8.99. The van der Waals surface area contributed by atoms with Crippen molar-refractivity contribution in [3.05, 3.63) is 24.2 Å². The normalized spacial score (nSPS) is 14.4. The molecule has 0 aliphatic rings. The van der Waals surface area contributed by atoms with Crippen LogP contribution in [0.4, 0.5) is 0 Å². The first-order valence-electron chi connectivity index (χ1n) is 6.70. The summed E-state index contributed by atoms with van der Waals surface area (Å²) >= 11 is 0. The molecular weight excluding hydrogens is 242 g/mol. The fraction of sp³-hybridized carbons (Fsp3) is 0.643. The van der Waals surface area contributed by atoms with Crippen LogP contribution < -0.4 is 10.6 Å². The minimum Gasteiger partial charge on any atom is -0.467 e. The molecule has 0 aromatic carbocycles. The van der Waals surface area contributed by atoms with Crippen LogP contribution in [0.3, 0.4) is 0 Å². The number of furan rings is 1. The lowest BCUT2D eigenvalue weighted by Gasteiger charge is -2.20. The lowest BCUT2D eigenvalue weighted by Crippen LogP contribution is -2.46. The summed E-state index contributed by atoms with van der Waals surface area (Å²) in [5, 5.41) is 6.15. The van der Waals surface area contributed by atoms with E-state index in [4.69, 9.17) is 4.42 Å². The topological polar surface area (TPSA) is 57.5 Å². The van der Waals surface area contributed by atoms with Crippen LogP contribution >= 0.6 is 0 Å². The van der Waals surface area contributed by atoms with E-state index in [-0.39, 0.29) is 11.9 Å². The average Bonchev–Trinajstić information content (AvgIpc) is 2.86. The van der Waals surface area contributed by atoms with E-state index in [2.05, 4.69) is 22.5 Å². The summed E-state index contributed by atoms with van der Waals surface area (Å²) in [7, 11) is 4.10. The summed E-state index contributed by atoms with van der Waals surface area (Å²) in [6.45, 7) is 5.42. The molecule has 0 aliphatic carbocycles. The zero-order valence-corrected chi connectivity index (χ0v) is 12.3. The highest BCUT2D eigenvalue weighted by Crippen LogP contribution is 1.99. The van der Waals surface area contributed by atoms with Gasteiger partial charge in [-0.05, 0) is 53.0 Å². The molecule has 0 radical (unpaired) electrons. The number of carbonyl (C=O) groups is 1. The molecule has 0 spiro atoms. The van der Waals surface area contributed by atoms with Gasteiger partial charge in [-0.25, -0.2) is 0 Å². The van der Waals surface area contributed by atoms with Gasteiger partial charge < -0.3 is 20.0 Å². The van der Waals surface area contributed by atoms with Crippen LogP contribution in [0, 0.1) is 0 Å². The van der Waals surface area contributed by atoms with Crippen molar-refractivity contribution in [2.45, 2.75) is 38.9 Å². The number of hydrogen-bond acceptors (Lipinski definition) is 4. The van der Waals surface area contributed by atoms with Crippen molar-refractivity contribution in [2.24, 2.45) is 0 Å². The third-order valence-electron chi connectivity index (χ3n) is 2.95. The second-order valence-corrected chi connectivity index (χ2v) is 5.18. The van der Waals surface area contributed by atoms with E-state index < -0.39 is 0 Å². The Bertz CT molecular complexity index is 363. The predicted octanol–water partition coefficient (Wildman–Crippen LogP) is 1.21. The van der Waals surface area contributed by atoms with Crippen molar-refractivity contribution >= 4 is 5.91 Å². The quantitative estimate of drug-likeness (QED) is 0.743. The molecule has 0 saturated heterocycles. The second-order valence-electron chi connectivity index (χ2n) is 5.18. The van der Waals surface area contributed by atoms with Crippen molar-refractivity contribution in [3.8, 4) is 0 Å². The van der Waals surface area contributed by atoms with Gasteiger partial charge in [0.25, 0.3) is 0 Å². The van der Waals surface area contributed by atoms with E-state index >= 15 is 0 Å². The Morgan fingerprint density at radius 2 is 2.16 bits per heavy atom. The van der Waals surface area contributed by atoms with Crippen LogP contribution in [-0.4, -0.2) is 43.5 Å². The molecule has 1 aromatic heterocycles. The molecule has 0 fully saturated rings. The zero-order chi connectivity index (χ0) is 14.3. The molecule has 19 heavy (non-hydrogen) atoms. The molecule has 5 nitrogen and oxygen atoms in total. The fourth-order valence-corrected chi connectivity index (χ4v) is 1.78. The predicted molar refractivity (Wildman–Crippen MR) is 75.8 cm³/mol. The van der Waals surface area contributed by atoms with Gasteiger partial charge in [0.2, 0.25) is 5.91 Å². The third-order valence-corrected chi connectivity index (χ3v) is 2.95. The molecule has 108 valence electrons. The first-order valence-corrected chi connectivity index (χ1v) is 6.70. The Morgan fingerprint density at radius 1 is 1.42 bits per heavy atom. The van der Waals surface area contributed by atoms with Crippen molar-refractivity contribution < 1.29 is 9.21 Å². The number of nitrogens with zero attached hydrogens (tertiary/aromatic N) is 1. The van der Waals surface area contributed by atoms with Gasteiger partial charge in [-0.3, -0.25) is 4.79 Å². The zero-order valence-electron chi connectivity index (χ0n) is 12.3. The van der Waals surface area contributed by atoms with Gasteiger partial charge in [-0.15, -0.1) is 0 Å². The third kappa shape index (κ3) is 6.40. The standard InChI is InChI=1S/C14H25N3O2/c1-11(7-8-17(3)4)16-12(2)14(18)15-10-13-6-5-9-19-13/h5-6,9,11-12,16H,7-8,10H2,1-4H3,(H,15,18). The molecule has 2 atom stereocenters. The molecule has 1 aromatic rings. The minimum absolute atomic E-state index is 0.00639. The SMILES string of the molecule is CC(CCN(C)C)NC(C)C(=O)NCc1ccco1. The Labute approximate surface area is 115 Å². The summed E-state index contributed by atoms with van der Waals surface area (Å²) in [4.78, 5) is 14.0. The number of nitrogens with one attached hydrogen (secondary N) is 2. The van der Waals surface area contributed by atoms with E-state index in [1.54, 1.807) is 6.26 Å². The molecule has 0 bridgehead atoms. The number of carbonyl (C=O) groups excluding carboxylic acids is 1. The summed E-state index contributed by atoms with van der Waals surface area (Å²) < 4.78 is 5.17. The maximum absolute atomic E-state index is 11.9. The highest BCUT2D eigenvalue weighted by Gasteiger charge is 2.15. The molecule has 2 unspecified atom stereocenters. The average molecular weight is 267 g/mol. The van der Waals surface area contributed by atoms with Crippen LogP contribution in [-0.2, 0) is 11.3 Å². The maximum atomic E-state index is 11.9. The summed E-state index contributed by atoms with van der Waals surface area (Å²) in [5.41, 5.74) is 0. The molecule has 5 heteroatoms. The molecule has 1 amide bonds. The summed E-state index contributed by atoms with van der Waals surface area (Å²) in [6.07, 6.45) is 2.62. The number of hydrogen-bond donors (Lipinski definition) is 2. The van der Waals surface area contributed by atoms with Crippen LogP contribution in [0.25, 0.3) is 0 Å². The van der Waals surface area contributed by atoms with E-state index in [1.165, 1.54) is 0 Å². The number of amides is 1. The molecule has 0 saturated carbocycles. The Kier molecular flexibility index (Phi) is 6.59. The van der Waals surface area contributed by atoms with Crippen LogP contribution in [0.5, 0.6) is 0 Å². The Balaban J connectivity index is 2.24. The lowest BCUT2D eigenvalue weighted by molar-refractivity contribution is -0.123. The molecule has 2 N–H and O–H groups in total. The van der Waals surface area contributed by atoms with Gasteiger partial charge in [0.05, 0.1) is 18.8 Å². The van der Waals surface area contributed by atoms with E-state index in [0.717, 1.165) is 18.7 Å². The largest absolute Gasteiger partial charge is 0.467 e. The Morgan fingerprint density at radius 3 is 2.74 bits per heavy atom. The van der Waals surface area contributed by atoms with Gasteiger partial charge in [0.1, 0.15) is 5.76 Å². The van der Waals surface area contributed by atoms with Crippen molar-refractivity contribution in [1.29, 1.82) is 0 Å². The molecular formula is C14H25N3O2. The highest BCUT2D eigenvalue weighted by atomic mass is 16.3. The number of rotatable bonds is 8. The molecule has 1 heterocycles. The maximum Gasteiger partial charge on any atom is 0.237 e. The van der Waals surface area contributed by atoms with Gasteiger partial charge >= 0.3 is 0 Å². The Hall–Kier alpha value is -1.33. The second kappa shape index (κ2) is 7.96. The van der Waals surface area contributed by atoms with Gasteiger partial charge in [0, 0.05) is 6.04 Å². The van der Waals surface area contributed by atoms with E-state index in [1.807, 2.05) is 33.2 Å². The van der Waals surface area contributed by atoms with Crippen LogP contribution in [0.1, 0.15) is 26.0 Å². The molecule has 1 rings (SSSR count). The van der Waals surface area contributed by atoms with Crippen LogP contribution in [0.2, 0.25) is 0 Å². The fourth-order valence-electron chi connectivity index (χ4n) is 1.78. The molecule has 0 aliphatic heterocycles. The first kappa shape index (κ1) is 15.7.